The van der Waals surface area contributed by atoms with Gasteiger partial charge >= 0.3 is 5.97 Å². The monoisotopic (exact) mass is 211 g/mol. The van der Waals surface area contributed by atoms with E-state index >= 15 is 0 Å². The molecule has 4 heteroatoms. The van der Waals surface area contributed by atoms with E-state index in [1.165, 1.54) is 7.11 Å². The van der Waals surface area contributed by atoms with Crippen LogP contribution >= 0.6 is 0 Å². The number of ether oxygens (including phenoxy) is 2. The highest BCUT2D eigenvalue weighted by atomic mass is 16.5. The van der Waals surface area contributed by atoms with E-state index in [2.05, 4.69) is 16.7 Å². The summed E-state index contributed by atoms with van der Waals surface area (Å²) in [5.74, 6) is 5.61. The molecule has 0 bridgehead atoms. The predicted molar refractivity (Wildman–Crippen MR) is 56.3 cm³/mol. The highest BCUT2D eigenvalue weighted by molar-refractivity contribution is 5.75. The number of morpholine rings is 1. The third-order valence-corrected chi connectivity index (χ3v) is 2.41. The van der Waals surface area contributed by atoms with Gasteiger partial charge in [0.25, 0.3) is 0 Å². The van der Waals surface area contributed by atoms with E-state index in [-0.39, 0.29) is 12.0 Å². The molecule has 0 aliphatic carbocycles. The molecule has 0 radical (unpaired) electrons. The van der Waals surface area contributed by atoms with Crippen LogP contribution in [0.1, 0.15) is 13.3 Å². The summed E-state index contributed by atoms with van der Waals surface area (Å²) < 4.78 is 9.99. The number of rotatable bonds is 3. The fraction of sp³-hybridized carbons (Fsp3) is 0.727. The lowest BCUT2D eigenvalue weighted by Crippen LogP contribution is -2.50. The van der Waals surface area contributed by atoms with Gasteiger partial charge in [-0.05, 0) is 6.92 Å². The van der Waals surface area contributed by atoms with Crippen LogP contribution in [0, 0.1) is 11.8 Å². The first-order chi connectivity index (χ1) is 7.29. The van der Waals surface area contributed by atoms with Crippen molar-refractivity contribution >= 4 is 5.97 Å². The summed E-state index contributed by atoms with van der Waals surface area (Å²) >= 11 is 0. The van der Waals surface area contributed by atoms with Gasteiger partial charge in [0.1, 0.15) is 6.04 Å². The summed E-state index contributed by atoms with van der Waals surface area (Å²) in [5.41, 5.74) is 0. The third-order valence-electron chi connectivity index (χ3n) is 2.41. The average Bonchev–Trinajstić information content (AvgIpc) is 2.29. The molecule has 1 fully saturated rings. The van der Waals surface area contributed by atoms with Crippen LogP contribution in [-0.2, 0) is 14.3 Å². The first-order valence-corrected chi connectivity index (χ1v) is 5.08. The van der Waals surface area contributed by atoms with Crippen molar-refractivity contribution in [1.29, 1.82) is 0 Å². The molecule has 1 heterocycles. The lowest BCUT2D eigenvalue weighted by atomic mass is 10.2. The van der Waals surface area contributed by atoms with E-state index in [1.807, 2.05) is 6.92 Å². The van der Waals surface area contributed by atoms with E-state index in [4.69, 9.17) is 9.47 Å². The first-order valence-electron chi connectivity index (χ1n) is 5.08. The summed E-state index contributed by atoms with van der Waals surface area (Å²) in [6, 6.07) is -0.262. The Hall–Kier alpha value is -1.05. The van der Waals surface area contributed by atoms with Gasteiger partial charge in [0, 0.05) is 19.5 Å². The molecule has 1 unspecified atom stereocenters. The molecule has 0 aromatic rings. The van der Waals surface area contributed by atoms with Gasteiger partial charge in [0.05, 0.1) is 20.3 Å². The van der Waals surface area contributed by atoms with E-state index in [0.29, 0.717) is 13.2 Å². The lowest BCUT2D eigenvalue weighted by Gasteiger charge is -2.32. The number of carbonyl (C=O) groups is 1. The molecule has 1 aliphatic rings. The second-order valence-corrected chi connectivity index (χ2v) is 3.33. The van der Waals surface area contributed by atoms with Gasteiger partial charge in [-0.15, -0.1) is 11.8 Å². The minimum Gasteiger partial charge on any atom is -0.468 e. The third kappa shape index (κ3) is 3.54. The van der Waals surface area contributed by atoms with Crippen molar-refractivity contribution in [3.05, 3.63) is 0 Å². The summed E-state index contributed by atoms with van der Waals surface area (Å²) in [7, 11) is 1.40. The minimum absolute atomic E-state index is 0.223. The van der Waals surface area contributed by atoms with Crippen LogP contribution in [0.25, 0.3) is 0 Å². The number of hydrogen-bond acceptors (Lipinski definition) is 4. The van der Waals surface area contributed by atoms with E-state index in [1.54, 1.807) is 0 Å². The van der Waals surface area contributed by atoms with Crippen LogP contribution in [0.4, 0.5) is 0 Å². The Kier molecular flexibility index (Phi) is 5.16. The fourth-order valence-corrected chi connectivity index (χ4v) is 1.58. The molecule has 4 nitrogen and oxygen atoms in total. The Labute approximate surface area is 90.5 Å². The van der Waals surface area contributed by atoms with Gasteiger partial charge < -0.3 is 9.47 Å². The standard InChI is InChI=1S/C11H17NO3/c1-3-4-5-6-12-7-8-15-9-10(12)11(13)14-2/h10H,5-9H2,1-2H3. The normalized spacial score (nSPS) is 21.6. The van der Waals surface area contributed by atoms with Gasteiger partial charge in [-0.2, -0.15) is 0 Å². The highest BCUT2D eigenvalue weighted by Crippen LogP contribution is 2.08. The molecule has 0 aromatic carbocycles. The summed E-state index contributed by atoms with van der Waals surface area (Å²) in [5, 5.41) is 0. The summed E-state index contributed by atoms with van der Waals surface area (Å²) in [6.45, 7) is 4.48. The van der Waals surface area contributed by atoms with Crippen LogP contribution < -0.4 is 0 Å². The van der Waals surface area contributed by atoms with Gasteiger partial charge in [0.15, 0.2) is 0 Å². The van der Waals surface area contributed by atoms with Crippen LogP contribution in [0.2, 0.25) is 0 Å². The van der Waals surface area contributed by atoms with Crippen LogP contribution in [0.5, 0.6) is 0 Å². The molecule has 1 saturated heterocycles. The molecular weight excluding hydrogens is 194 g/mol. The number of hydrogen-bond donors (Lipinski definition) is 0. The van der Waals surface area contributed by atoms with Gasteiger partial charge in [0.2, 0.25) is 0 Å². The second-order valence-electron chi connectivity index (χ2n) is 3.33. The maximum absolute atomic E-state index is 11.4. The molecule has 1 atom stereocenters. The predicted octanol–water partition coefficient (Wildman–Crippen LogP) is 0.274. The van der Waals surface area contributed by atoms with Crippen molar-refractivity contribution in [2.24, 2.45) is 0 Å². The smallest absolute Gasteiger partial charge is 0.325 e. The highest BCUT2D eigenvalue weighted by Gasteiger charge is 2.29. The Bertz CT molecular complexity index is 267. The van der Waals surface area contributed by atoms with Gasteiger partial charge in [-0.1, -0.05) is 0 Å². The Morgan fingerprint density at radius 3 is 3.13 bits per heavy atom. The molecule has 1 aliphatic heterocycles. The zero-order valence-corrected chi connectivity index (χ0v) is 9.28. The maximum atomic E-state index is 11.4. The zero-order chi connectivity index (χ0) is 11.1. The maximum Gasteiger partial charge on any atom is 0.325 e. The van der Waals surface area contributed by atoms with Crippen molar-refractivity contribution < 1.29 is 14.3 Å². The van der Waals surface area contributed by atoms with Crippen LogP contribution in [0.15, 0.2) is 0 Å². The lowest BCUT2D eigenvalue weighted by molar-refractivity contribution is -0.153. The van der Waals surface area contributed by atoms with E-state index < -0.39 is 0 Å². The number of nitrogens with zero attached hydrogens (tertiary/aromatic N) is 1. The minimum atomic E-state index is -0.262. The van der Waals surface area contributed by atoms with E-state index in [0.717, 1.165) is 19.5 Å². The molecule has 0 saturated carbocycles. The fourth-order valence-electron chi connectivity index (χ4n) is 1.58. The summed E-state index contributed by atoms with van der Waals surface area (Å²) in [4.78, 5) is 13.5. The van der Waals surface area contributed by atoms with Gasteiger partial charge in [-0.3, -0.25) is 9.69 Å². The molecular formula is C11H17NO3. The number of esters is 1. The molecule has 84 valence electrons. The molecule has 0 spiro atoms. The molecule has 0 N–H and O–H groups in total. The Morgan fingerprint density at radius 1 is 1.67 bits per heavy atom. The molecule has 0 aromatic heterocycles. The average molecular weight is 211 g/mol. The van der Waals surface area contributed by atoms with Crippen molar-refractivity contribution in [2.45, 2.75) is 19.4 Å². The van der Waals surface area contributed by atoms with Crippen LogP contribution in [0.3, 0.4) is 0 Å². The molecule has 1 rings (SSSR count). The summed E-state index contributed by atoms with van der Waals surface area (Å²) in [6.07, 6.45) is 0.782. The number of carbonyl (C=O) groups excluding carboxylic acids is 1. The Balaban J connectivity index is 2.48. The Morgan fingerprint density at radius 2 is 2.47 bits per heavy atom. The first kappa shape index (κ1) is 12.0. The van der Waals surface area contributed by atoms with Crippen molar-refractivity contribution in [1.82, 2.24) is 4.90 Å². The van der Waals surface area contributed by atoms with Gasteiger partial charge in [-0.25, -0.2) is 0 Å². The molecule has 0 amide bonds. The molecule has 15 heavy (non-hydrogen) atoms. The zero-order valence-electron chi connectivity index (χ0n) is 9.28. The van der Waals surface area contributed by atoms with Crippen molar-refractivity contribution in [3.63, 3.8) is 0 Å². The van der Waals surface area contributed by atoms with Crippen LogP contribution in [-0.4, -0.2) is 50.3 Å². The largest absolute Gasteiger partial charge is 0.468 e. The SMILES string of the molecule is CC#CCCN1CCOCC1C(=O)OC. The second kappa shape index (κ2) is 6.44. The van der Waals surface area contributed by atoms with Crippen molar-refractivity contribution in [2.75, 3.05) is 33.4 Å². The quantitative estimate of drug-likeness (QED) is 0.496. The number of methoxy groups -OCH3 is 1. The van der Waals surface area contributed by atoms with Crippen molar-refractivity contribution in [3.8, 4) is 11.8 Å². The van der Waals surface area contributed by atoms with E-state index in [9.17, 15) is 4.79 Å². The topological polar surface area (TPSA) is 38.8 Å².